The predicted octanol–water partition coefficient (Wildman–Crippen LogP) is 1.49. The first-order valence-electron chi connectivity index (χ1n) is 3.53. The van der Waals surface area contributed by atoms with Crippen LogP contribution < -0.4 is 0 Å². The van der Waals surface area contributed by atoms with Crippen LogP contribution in [-0.2, 0) is 4.74 Å². The standard InChI is InChI=1S/C9H9NO2/c10-7-12-6-9(11)8-4-2-1-3-5-8/h1-5,7,10H,6H2. The average molecular weight is 163 g/mol. The first-order valence-corrected chi connectivity index (χ1v) is 3.53. The normalized spacial score (nSPS) is 9.00. The fourth-order valence-corrected chi connectivity index (χ4v) is 0.825. The topological polar surface area (TPSA) is 50.1 Å². The Morgan fingerprint density at radius 2 is 2.08 bits per heavy atom. The third-order valence-corrected chi connectivity index (χ3v) is 1.39. The number of nitrogens with one attached hydrogen (secondary N) is 1. The van der Waals surface area contributed by atoms with Crippen LogP contribution in [-0.4, -0.2) is 18.8 Å². The monoisotopic (exact) mass is 163 g/mol. The second kappa shape index (κ2) is 4.28. The van der Waals surface area contributed by atoms with Gasteiger partial charge >= 0.3 is 0 Å². The summed E-state index contributed by atoms with van der Waals surface area (Å²) in [7, 11) is 0. The summed E-state index contributed by atoms with van der Waals surface area (Å²) in [6.07, 6.45) is 0.765. The van der Waals surface area contributed by atoms with Crippen molar-refractivity contribution in [1.82, 2.24) is 0 Å². The lowest BCUT2D eigenvalue weighted by atomic mass is 10.1. The van der Waals surface area contributed by atoms with Gasteiger partial charge in [-0.05, 0) is 0 Å². The maximum absolute atomic E-state index is 11.2. The van der Waals surface area contributed by atoms with Gasteiger partial charge < -0.3 is 4.74 Å². The highest BCUT2D eigenvalue weighted by molar-refractivity contribution is 5.97. The number of hydrogen-bond acceptors (Lipinski definition) is 3. The molecule has 0 aliphatic heterocycles. The fraction of sp³-hybridized carbons (Fsp3) is 0.111. The Morgan fingerprint density at radius 3 is 2.67 bits per heavy atom. The second-order valence-electron chi connectivity index (χ2n) is 2.22. The van der Waals surface area contributed by atoms with Gasteiger partial charge in [0.1, 0.15) is 0 Å². The summed E-state index contributed by atoms with van der Waals surface area (Å²) >= 11 is 0. The maximum Gasteiger partial charge on any atom is 0.200 e. The van der Waals surface area contributed by atoms with Crippen molar-refractivity contribution >= 4 is 12.2 Å². The molecule has 3 heteroatoms. The van der Waals surface area contributed by atoms with Crippen LogP contribution in [0.4, 0.5) is 0 Å². The molecular formula is C9H9NO2. The molecule has 12 heavy (non-hydrogen) atoms. The smallest absolute Gasteiger partial charge is 0.200 e. The van der Waals surface area contributed by atoms with Gasteiger partial charge in [-0.2, -0.15) is 0 Å². The van der Waals surface area contributed by atoms with E-state index in [1.165, 1.54) is 0 Å². The zero-order valence-corrected chi connectivity index (χ0v) is 6.49. The molecule has 0 spiro atoms. The summed E-state index contributed by atoms with van der Waals surface area (Å²) in [4.78, 5) is 11.2. The fourth-order valence-electron chi connectivity index (χ4n) is 0.825. The summed E-state index contributed by atoms with van der Waals surface area (Å²) in [5, 5.41) is 6.56. The van der Waals surface area contributed by atoms with Crippen molar-refractivity contribution in [3.05, 3.63) is 35.9 Å². The lowest BCUT2D eigenvalue weighted by molar-refractivity contribution is 0.0918. The van der Waals surface area contributed by atoms with Crippen molar-refractivity contribution in [3.8, 4) is 0 Å². The number of Topliss-reactive ketones (excluding diaryl/α,β-unsaturated/α-hetero) is 1. The minimum Gasteiger partial charge on any atom is -0.476 e. The van der Waals surface area contributed by atoms with Crippen molar-refractivity contribution in [1.29, 1.82) is 5.41 Å². The van der Waals surface area contributed by atoms with E-state index < -0.39 is 0 Å². The molecule has 0 aliphatic carbocycles. The molecule has 0 fully saturated rings. The minimum absolute atomic E-state index is 0.0620. The van der Waals surface area contributed by atoms with E-state index in [-0.39, 0.29) is 12.4 Å². The van der Waals surface area contributed by atoms with Crippen LogP contribution >= 0.6 is 0 Å². The molecule has 1 rings (SSSR count). The molecule has 0 unspecified atom stereocenters. The Balaban J connectivity index is 2.59. The maximum atomic E-state index is 11.2. The molecule has 0 saturated carbocycles. The number of carbonyl (C=O) groups is 1. The molecule has 0 saturated heterocycles. The summed E-state index contributed by atoms with van der Waals surface area (Å²) in [5.74, 6) is -0.112. The molecule has 1 N–H and O–H groups in total. The largest absolute Gasteiger partial charge is 0.476 e. The van der Waals surface area contributed by atoms with Crippen LogP contribution in [0.2, 0.25) is 0 Å². The van der Waals surface area contributed by atoms with E-state index in [2.05, 4.69) is 4.74 Å². The van der Waals surface area contributed by atoms with Gasteiger partial charge in [0.25, 0.3) is 0 Å². The Hall–Kier alpha value is -1.64. The van der Waals surface area contributed by atoms with Gasteiger partial charge in [-0.25, -0.2) is 0 Å². The molecule has 0 radical (unpaired) electrons. The van der Waals surface area contributed by atoms with E-state index in [0.717, 1.165) is 6.40 Å². The van der Waals surface area contributed by atoms with Crippen LogP contribution in [0.5, 0.6) is 0 Å². The Labute approximate surface area is 70.5 Å². The molecule has 0 bridgehead atoms. The number of hydrogen-bond donors (Lipinski definition) is 1. The summed E-state index contributed by atoms with van der Waals surface area (Å²) in [6, 6.07) is 8.86. The van der Waals surface area contributed by atoms with E-state index >= 15 is 0 Å². The number of ether oxygens (including phenoxy) is 1. The Bertz CT molecular complexity index is 269. The summed E-state index contributed by atoms with van der Waals surface area (Å²) in [6.45, 7) is -0.0620. The zero-order valence-electron chi connectivity index (χ0n) is 6.49. The van der Waals surface area contributed by atoms with Crippen molar-refractivity contribution in [3.63, 3.8) is 0 Å². The van der Waals surface area contributed by atoms with Gasteiger partial charge in [0.2, 0.25) is 0 Å². The number of benzene rings is 1. The molecule has 0 atom stereocenters. The van der Waals surface area contributed by atoms with E-state index in [9.17, 15) is 4.79 Å². The van der Waals surface area contributed by atoms with Gasteiger partial charge in [0, 0.05) is 5.56 Å². The van der Waals surface area contributed by atoms with E-state index in [1.807, 2.05) is 6.07 Å². The third-order valence-electron chi connectivity index (χ3n) is 1.39. The molecule has 1 aromatic rings. The molecule has 0 heterocycles. The molecule has 3 nitrogen and oxygen atoms in total. The highest BCUT2D eigenvalue weighted by atomic mass is 16.5. The van der Waals surface area contributed by atoms with Crippen LogP contribution in [0.3, 0.4) is 0 Å². The zero-order chi connectivity index (χ0) is 8.81. The van der Waals surface area contributed by atoms with E-state index in [1.54, 1.807) is 24.3 Å². The molecule has 0 aromatic heterocycles. The van der Waals surface area contributed by atoms with Gasteiger partial charge in [-0.3, -0.25) is 10.2 Å². The van der Waals surface area contributed by atoms with Gasteiger partial charge in [-0.15, -0.1) is 0 Å². The van der Waals surface area contributed by atoms with Crippen molar-refractivity contribution < 1.29 is 9.53 Å². The second-order valence-corrected chi connectivity index (χ2v) is 2.22. The first kappa shape index (κ1) is 8.46. The predicted molar refractivity (Wildman–Crippen MR) is 45.5 cm³/mol. The van der Waals surface area contributed by atoms with Gasteiger partial charge in [0.05, 0.1) is 0 Å². The lowest BCUT2D eigenvalue weighted by Crippen LogP contribution is -2.07. The lowest BCUT2D eigenvalue weighted by Gasteiger charge is -1.98. The van der Waals surface area contributed by atoms with Gasteiger partial charge in [-0.1, -0.05) is 30.3 Å². The highest BCUT2D eigenvalue weighted by Gasteiger charge is 2.03. The Kier molecular flexibility index (Phi) is 3.02. The van der Waals surface area contributed by atoms with Crippen molar-refractivity contribution in [2.45, 2.75) is 0 Å². The molecule has 1 aromatic carbocycles. The minimum atomic E-state index is -0.112. The highest BCUT2D eigenvalue weighted by Crippen LogP contribution is 1.99. The van der Waals surface area contributed by atoms with E-state index in [4.69, 9.17) is 5.41 Å². The molecular weight excluding hydrogens is 154 g/mol. The van der Waals surface area contributed by atoms with Crippen molar-refractivity contribution in [2.75, 3.05) is 6.61 Å². The quantitative estimate of drug-likeness (QED) is 0.415. The van der Waals surface area contributed by atoms with E-state index in [0.29, 0.717) is 5.56 Å². The number of rotatable bonds is 4. The number of ketones is 1. The summed E-state index contributed by atoms with van der Waals surface area (Å²) < 4.78 is 4.54. The van der Waals surface area contributed by atoms with Crippen LogP contribution in [0.1, 0.15) is 10.4 Å². The van der Waals surface area contributed by atoms with Crippen molar-refractivity contribution in [2.24, 2.45) is 0 Å². The van der Waals surface area contributed by atoms with Crippen LogP contribution in [0.15, 0.2) is 30.3 Å². The average Bonchev–Trinajstić information content (AvgIpc) is 2.15. The summed E-state index contributed by atoms with van der Waals surface area (Å²) in [5.41, 5.74) is 0.611. The number of carbonyl (C=O) groups excluding carboxylic acids is 1. The van der Waals surface area contributed by atoms with Gasteiger partial charge in [0.15, 0.2) is 18.8 Å². The van der Waals surface area contributed by atoms with Crippen LogP contribution in [0.25, 0.3) is 0 Å². The van der Waals surface area contributed by atoms with Crippen LogP contribution in [0, 0.1) is 5.41 Å². The first-order chi connectivity index (χ1) is 5.84. The molecule has 0 amide bonds. The molecule has 62 valence electrons. The Morgan fingerprint density at radius 1 is 1.42 bits per heavy atom. The SMILES string of the molecule is N=COCC(=O)c1ccccc1. The third kappa shape index (κ3) is 2.20. The molecule has 0 aliphatic rings.